The molecule has 0 spiro atoms. The van der Waals surface area contributed by atoms with Crippen LogP contribution >= 0.6 is 23.7 Å². The maximum atomic E-state index is 12.7. The van der Waals surface area contributed by atoms with Gasteiger partial charge in [-0.3, -0.25) is 9.69 Å². The van der Waals surface area contributed by atoms with Crippen LogP contribution in [0.15, 0.2) is 26.6 Å². The van der Waals surface area contributed by atoms with E-state index in [1.54, 1.807) is 17.6 Å². The molecule has 11 nitrogen and oxygen atoms in total. The molecule has 0 aliphatic carbocycles. The lowest BCUT2D eigenvalue weighted by Crippen LogP contribution is -2.38. The molecule has 1 aliphatic rings. The van der Waals surface area contributed by atoms with E-state index in [0.29, 0.717) is 18.3 Å². The van der Waals surface area contributed by atoms with Gasteiger partial charge in [-0.2, -0.15) is 21.1 Å². The molecule has 1 atom stereocenters. The van der Waals surface area contributed by atoms with E-state index in [9.17, 15) is 4.79 Å². The fourth-order valence-corrected chi connectivity index (χ4v) is 3.89. The van der Waals surface area contributed by atoms with Crippen molar-refractivity contribution in [1.29, 1.82) is 0 Å². The summed E-state index contributed by atoms with van der Waals surface area (Å²) < 4.78 is 6.10. The lowest BCUT2D eigenvalue weighted by molar-refractivity contribution is 0.0945. The molecule has 1 saturated heterocycles. The third-order valence-corrected chi connectivity index (χ3v) is 5.59. The first-order valence-corrected chi connectivity index (χ1v) is 10.2. The van der Waals surface area contributed by atoms with Gasteiger partial charge in [-0.25, -0.2) is 10.1 Å². The largest absolute Gasteiger partial charge is 0.378 e. The van der Waals surface area contributed by atoms with Crippen molar-refractivity contribution >= 4 is 41.7 Å². The van der Waals surface area contributed by atoms with Crippen LogP contribution in [0.5, 0.6) is 0 Å². The second kappa shape index (κ2) is 9.78. The van der Waals surface area contributed by atoms with Crippen LogP contribution < -0.4 is 11.2 Å². The lowest BCUT2D eigenvalue weighted by Gasteiger charge is -2.33. The first kappa shape index (κ1) is 21.9. The van der Waals surface area contributed by atoms with Crippen LogP contribution in [0.2, 0.25) is 0 Å². The maximum absolute atomic E-state index is 12.7. The Balaban J connectivity index is 0.00000256. The zero-order chi connectivity index (χ0) is 20.2. The van der Waals surface area contributed by atoms with Gasteiger partial charge in [0.15, 0.2) is 5.69 Å². The first-order chi connectivity index (χ1) is 14.1. The molecular weight excluding hydrogens is 430 g/mol. The van der Waals surface area contributed by atoms with E-state index < -0.39 is 5.91 Å². The van der Waals surface area contributed by atoms with Crippen molar-refractivity contribution in [3.05, 3.63) is 33.8 Å². The van der Waals surface area contributed by atoms with Crippen LogP contribution in [0.4, 0.5) is 5.82 Å². The van der Waals surface area contributed by atoms with Gasteiger partial charge in [0.1, 0.15) is 0 Å². The Labute approximate surface area is 182 Å². The number of anilines is 1. The van der Waals surface area contributed by atoms with Crippen LogP contribution in [0.3, 0.4) is 0 Å². The van der Waals surface area contributed by atoms with Gasteiger partial charge in [0.25, 0.3) is 5.91 Å². The van der Waals surface area contributed by atoms with Gasteiger partial charge in [-0.05, 0) is 53.4 Å². The molecule has 0 radical (unpaired) electrons. The lowest BCUT2D eigenvalue weighted by atomic mass is 10.0. The standard InChI is InChI=1S/C17H21N9O2S.ClH/c1-11-4-2-3-6-25(11)9-13-14(17(27)21-19-8-12-5-7-29-10-12)20-24-26(13)16-15(18)22-28-23-16;/h5,7-8,10-11H,2-4,6,9H2,1H3,(H2,18,22)(H,21,27);1H/b19-8-;. The Bertz CT molecular complexity index is 1000. The fourth-order valence-electron chi connectivity index (χ4n) is 3.28. The quantitative estimate of drug-likeness (QED) is 0.427. The number of carbonyl (C=O) groups excluding carboxylic acids is 1. The minimum atomic E-state index is -0.461. The van der Waals surface area contributed by atoms with Gasteiger partial charge in [-0.15, -0.1) is 17.5 Å². The molecule has 1 aliphatic heterocycles. The summed E-state index contributed by atoms with van der Waals surface area (Å²) in [7, 11) is 0. The average molecular weight is 452 g/mol. The van der Waals surface area contributed by atoms with Crippen molar-refractivity contribution in [3.8, 4) is 5.82 Å². The van der Waals surface area contributed by atoms with Crippen LogP contribution in [0, 0.1) is 0 Å². The molecule has 0 aromatic carbocycles. The Morgan fingerprint density at radius 1 is 1.47 bits per heavy atom. The smallest absolute Gasteiger partial charge is 0.293 e. The highest BCUT2D eigenvalue weighted by molar-refractivity contribution is 7.08. The number of nitrogen functional groups attached to an aromatic ring is 1. The monoisotopic (exact) mass is 451 g/mol. The zero-order valence-corrected chi connectivity index (χ0v) is 17.9. The molecule has 3 N–H and O–H groups in total. The molecule has 0 bridgehead atoms. The van der Waals surface area contributed by atoms with E-state index >= 15 is 0 Å². The summed E-state index contributed by atoms with van der Waals surface area (Å²) >= 11 is 1.55. The molecule has 4 heterocycles. The van der Waals surface area contributed by atoms with Crippen LogP contribution in [-0.4, -0.2) is 54.9 Å². The minimum Gasteiger partial charge on any atom is -0.378 e. The fraction of sp³-hybridized carbons (Fsp3) is 0.412. The van der Waals surface area contributed by atoms with Gasteiger partial charge in [-0.1, -0.05) is 11.6 Å². The number of halogens is 1. The summed E-state index contributed by atoms with van der Waals surface area (Å²) in [6.45, 7) is 3.57. The number of hydrogen-bond acceptors (Lipinski definition) is 10. The summed E-state index contributed by atoms with van der Waals surface area (Å²) in [5.41, 5.74) is 9.96. The second-order valence-corrected chi connectivity index (χ2v) is 7.62. The number of hydrazone groups is 1. The van der Waals surface area contributed by atoms with E-state index in [1.807, 2.05) is 16.8 Å². The number of amides is 1. The molecule has 3 aromatic heterocycles. The molecule has 13 heteroatoms. The minimum absolute atomic E-state index is 0. The number of aromatic nitrogens is 5. The number of carbonyl (C=O) groups is 1. The summed E-state index contributed by atoms with van der Waals surface area (Å²) in [6.07, 6.45) is 4.97. The van der Waals surface area contributed by atoms with Gasteiger partial charge in [0.05, 0.1) is 11.9 Å². The summed E-state index contributed by atoms with van der Waals surface area (Å²) in [5.74, 6) is -0.180. The van der Waals surface area contributed by atoms with Crippen LogP contribution in [0.1, 0.15) is 47.9 Å². The highest BCUT2D eigenvalue weighted by Gasteiger charge is 2.27. The molecule has 1 amide bonds. The highest BCUT2D eigenvalue weighted by Crippen LogP contribution is 2.22. The zero-order valence-electron chi connectivity index (χ0n) is 16.3. The van der Waals surface area contributed by atoms with E-state index in [1.165, 1.54) is 11.1 Å². The van der Waals surface area contributed by atoms with E-state index in [4.69, 9.17) is 10.4 Å². The highest BCUT2D eigenvalue weighted by atomic mass is 35.5. The second-order valence-electron chi connectivity index (χ2n) is 6.84. The van der Waals surface area contributed by atoms with Crippen molar-refractivity contribution in [3.63, 3.8) is 0 Å². The SMILES string of the molecule is CC1CCCCN1Cc1c(C(=O)N/N=C\c2ccsc2)nnn1-c1nonc1N.Cl. The molecule has 30 heavy (non-hydrogen) atoms. The van der Waals surface area contributed by atoms with Crippen molar-refractivity contribution in [2.24, 2.45) is 5.10 Å². The summed E-state index contributed by atoms with van der Waals surface area (Å²) in [6, 6.07) is 2.28. The predicted octanol–water partition coefficient (Wildman–Crippen LogP) is 1.85. The molecular formula is C17H22ClN9O2S. The maximum Gasteiger partial charge on any atom is 0.293 e. The number of nitrogens with two attached hydrogens (primary N) is 1. The number of hydrogen-bond donors (Lipinski definition) is 2. The average Bonchev–Trinajstić information content (AvgIpc) is 3.45. The number of thiophene rings is 1. The van der Waals surface area contributed by atoms with Crippen molar-refractivity contribution in [2.75, 3.05) is 12.3 Å². The molecule has 4 rings (SSSR count). The Morgan fingerprint density at radius 2 is 2.33 bits per heavy atom. The van der Waals surface area contributed by atoms with Gasteiger partial charge < -0.3 is 5.73 Å². The molecule has 160 valence electrons. The third-order valence-electron chi connectivity index (χ3n) is 4.89. The van der Waals surface area contributed by atoms with Crippen molar-refractivity contribution < 1.29 is 9.42 Å². The number of piperidine rings is 1. The Morgan fingerprint density at radius 3 is 3.03 bits per heavy atom. The van der Waals surface area contributed by atoms with Gasteiger partial charge >= 0.3 is 0 Å². The van der Waals surface area contributed by atoms with Crippen molar-refractivity contribution in [1.82, 2.24) is 35.6 Å². The van der Waals surface area contributed by atoms with E-state index in [2.05, 4.69) is 43.0 Å². The number of nitrogens with one attached hydrogen (secondary N) is 1. The predicted molar refractivity (Wildman–Crippen MR) is 114 cm³/mol. The molecule has 1 unspecified atom stereocenters. The molecule has 1 fully saturated rings. The summed E-state index contributed by atoms with van der Waals surface area (Å²) in [5, 5.41) is 23.4. The topological polar surface area (TPSA) is 140 Å². The molecule has 0 saturated carbocycles. The molecule has 3 aromatic rings. The number of nitrogens with zero attached hydrogens (tertiary/aromatic N) is 7. The van der Waals surface area contributed by atoms with E-state index in [0.717, 1.165) is 24.9 Å². The van der Waals surface area contributed by atoms with Crippen LogP contribution in [0.25, 0.3) is 5.82 Å². The third kappa shape index (κ3) is 4.66. The van der Waals surface area contributed by atoms with E-state index in [-0.39, 0.29) is 29.7 Å². The normalized spacial score (nSPS) is 17.2. The van der Waals surface area contributed by atoms with Gasteiger partial charge in [0.2, 0.25) is 11.6 Å². The van der Waals surface area contributed by atoms with Crippen molar-refractivity contribution in [2.45, 2.75) is 38.8 Å². The summed E-state index contributed by atoms with van der Waals surface area (Å²) in [4.78, 5) is 15.0. The van der Waals surface area contributed by atoms with Crippen LogP contribution in [-0.2, 0) is 6.54 Å². The number of rotatable bonds is 6. The first-order valence-electron chi connectivity index (χ1n) is 9.26. The number of likely N-dealkylation sites (tertiary alicyclic amines) is 1. The Hall–Kier alpha value is -2.83. The Kier molecular flexibility index (Phi) is 7.13. The van der Waals surface area contributed by atoms with Gasteiger partial charge in [0, 0.05) is 18.2 Å².